The maximum Gasteiger partial charge on any atom is 0.236 e. The highest BCUT2D eigenvalue weighted by Crippen LogP contribution is 2.21. The van der Waals surface area contributed by atoms with Crippen molar-refractivity contribution in [2.24, 2.45) is 5.73 Å². The summed E-state index contributed by atoms with van der Waals surface area (Å²) < 4.78 is 0. The van der Waals surface area contributed by atoms with Crippen LogP contribution >= 0.6 is 0 Å². The summed E-state index contributed by atoms with van der Waals surface area (Å²) in [5, 5.41) is 0. The largest absolute Gasteiger partial charge is 0.368 e. The molecule has 0 spiro atoms. The Bertz CT molecular complexity index is 345. The zero-order valence-electron chi connectivity index (χ0n) is 10.2. The summed E-state index contributed by atoms with van der Waals surface area (Å²) >= 11 is 0. The molecule has 1 amide bonds. The fraction of sp³-hybridized carbons (Fsp3) is 0.462. The van der Waals surface area contributed by atoms with Crippen LogP contribution in [0, 0.1) is 0 Å². The first-order chi connectivity index (χ1) is 7.54. The highest BCUT2D eigenvalue weighted by atomic mass is 16.1. The Kier molecular flexibility index (Phi) is 4.35. The molecule has 0 aliphatic rings. The van der Waals surface area contributed by atoms with Gasteiger partial charge in [-0.05, 0) is 30.0 Å². The lowest BCUT2D eigenvalue weighted by molar-refractivity contribution is -0.116. The molecule has 0 aliphatic carbocycles. The minimum Gasteiger partial charge on any atom is -0.368 e. The number of anilines is 1. The third kappa shape index (κ3) is 3.26. The molecule has 16 heavy (non-hydrogen) atoms. The molecule has 0 saturated carbocycles. The molecule has 0 bridgehead atoms. The van der Waals surface area contributed by atoms with Crippen LogP contribution in [-0.2, 0) is 4.79 Å². The minimum atomic E-state index is -0.312. The van der Waals surface area contributed by atoms with Gasteiger partial charge in [0.15, 0.2) is 0 Å². The molecule has 0 radical (unpaired) electrons. The Morgan fingerprint density at radius 2 is 1.94 bits per heavy atom. The molecule has 3 nitrogen and oxygen atoms in total. The van der Waals surface area contributed by atoms with Gasteiger partial charge in [-0.2, -0.15) is 0 Å². The molecule has 0 fully saturated rings. The molecule has 1 atom stereocenters. The summed E-state index contributed by atoms with van der Waals surface area (Å²) in [5.41, 5.74) is 7.50. The molecular weight excluding hydrogens is 200 g/mol. The number of hydrogen-bond donors (Lipinski definition) is 1. The van der Waals surface area contributed by atoms with Gasteiger partial charge in [0.1, 0.15) is 0 Å². The highest BCUT2D eigenvalue weighted by molar-refractivity contribution is 5.79. The van der Waals surface area contributed by atoms with Crippen molar-refractivity contribution in [1.29, 1.82) is 0 Å². The fourth-order valence-electron chi connectivity index (χ4n) is 1.62. The maximum absolute atomic E-state index is 10.8. The van der Waals surface area contributed by atoms with E-state index in [4.69, 9.17) is 5.73 Å². The van der Waals surface area contributed by atoms with Crippen molar-refractivity contribution in [3.63, 3.8) is 0 Å². The maximum atomic E-state index is 10.8. The van der Waals surface area contributed by atoms with Crippen LogP contribution in [-0.4, -0.2) is 19.5 Å². The number of primary amides is 1. The summed E-state index contributed by atoms with van der Waals surface area (Å²) in [6, 6.07) is 8.29. The van der Waals surface area contributed by atoms with Crippen molar-refractivity contribution in [1.82, 2.24) is 0 Å². The van der Waals surface area contributed by atoms with E-state index in [-0.39, 0.29) is 12.5 Å². The minimum absolute atomic E-state index is 0.253. The average molecular weight is 220 g/mol. The zero-order valence-corrected chi connectivity index (χ0v) is 10.2. The first-order valence-electron chi connectivity index (χ1n) is 5.64. The average Bonchev–Trinajstić information content (AvgIpc) is 2.27. The lowest BCUT2D eigenvalue weighted by atomic mass is 9.98. The number of rotatable bonds is 5. The second-order valence-electron chi connectivity index (χ2n) is 4.22. The normalized spacial score (nSPS) is 12.2. The highest BCUT2D eigenvalue weighted by Gasteiger charge is 2.06. The molecule has 1 rings (SSSR count). The van der Waals surface area contributed by atoms with Crippen molar-refractivity contribution in [3.8, 4) is 0 Å². The summed E-state index contributed by atoms with van der Waals surface area (Å²) in [4.78, 5) is 12.6. The van der Waals surface area contributed by atoms with Gasteiger partial charge >= 0.3 is 0 Å². The number of benzene rings is 1. The molecule has 0 heterocycles. The Hall–Kier alpha value is -1.51. The topological polar surface area (TPSA) is 46.3 Å². The molecule has 3 heteroatoms. The van der Waals surface area contributed by atoms with Crippen LogP contribution in [0.1, 0.15) is 31.7 Å². The van der Waals surface area contributed by atoms with Gasteiger partial charge < -0.3 is 10.6 Å². The number of nitrogens with two attached hydrogens (primary N) is 1. The molecule has 0 aliphatic heterocycles. The van der Waals surface area contributed by atoms with Gasteiger partial charge in [-0.1, -0.05) is 26.0 Å². The van der Waals surface area contributed by atoms with Crippen molar-refractivity contribution in [2.75, 3.05) is 18.5 Å². The van der Waals surface area contributed by atoms with Crippen molar-refractivity contribution in [2.45, 2.75) is 26.2 Å². The number of carbonyl (C=O) groups is 1. The Balaban J connectivity index is 2.74. The quantitative estimate of drug-likeness (QED) is 0.826. The van der Waals surface area contributed by atoms with Crippen LogP contribution in [0.15, 0.2) is 24.3 Å². The Morgan fingerprint density at radius 1 is 1.38 bits per heavy atom. The molecule has 1 aromatic rings. The Morgan fingerprint density at radius 3 is 2.38 bits per heavy atom. The molecule has 1 unspecified atom stereocenters. The first kappa shape index (κ1) is 12.6. The number of amides is 1. The zero-order chi connectivity index (χ0) is 12.1. The molecule has 2 N–H and O–H groups in total. The summed E-state index contributed by atoms with van der Waals surface area (Å²) in [6.45, 7) is 4.64. The monoisotopic (exact) mass is 220 g/mol. The lowest BCUT2D eigenvalue weighted by Gasteiger charge is -2.18. The van der Waals surface area contributed by atoms with Crippen molar-refractivity contribution < 1.29 is 4.79 Å². The van der Waals surface area contributed by atoms with Crippen LogP contribution in [0.2, 0.25) is 0 Å². The number of likely N-dealkylation sites (N-methyl/N-ethyl adjacent to an activating group) is 1. The smallest absolute Gasteiger partial charge is 0.236 e. The number of carbonyl (C=O) groups excluding carboxylic acids is 1. The van der Waals surface area contributed by atoms with E-state index in [1.807, 2.05) is 24.1 Å². The van der Waals surface area contributed by atoms with Gasteiger partial charge in [0, 0.05) is 12.7 Å². The van der Waals surface area contributed by atoms with Crippen LogP contribution in [0.25, 0.3) is 0 Å². The molecule has 88 valence electrons. The Labute approximate surface area is 97.2 Å². The summed E-state index contributed by atoms with van der Waals surface area (Å²) in [5.74, 6) is 0.268. The third-order valence-electron chi connectivity index (χ3n) is 2.91. The van der Waals surface area contributed by atoms with E-state index < -0.39 is 0 Å². The van der Waals surface area contributed by atoms with Crippen molar-refractivity contribution >= 4 is 11.6 Å². The van der Waals surface area contributed by atoms with Gasteiger partial charge in [0.25, 0.3) is 0 Å². The number of hydrogen-bond acceptors (Lipinski definition) is 2. The van der Waals surface area contributed by atoms with E-state index in [2.05, 4.69) is 26.0 Å². The van der Waals surface area contributed by atoms with Gasteiger partial charge in [-0.25, -0.2) is 0 Å². The molecule has 0 saturated heterocycles. The van der Waals surface area contributed by atoms with Gasteiger partial charge in [0.05, 0.1) is 6.54 Å². The lowest BCUT2D eigenvalue weighted by Crippen LogP contribution is -2.30. The standard InChI is InChI=1S/C13H20N2O/c1-4-10(2)11-5-7-12(8-6-11)15(3)9-13(14)16/h5-8,10H,4,9H2,1-3H3,(H2,14,16). The first-order valence-corrected chi connectivity index (χ1v) is 5.64. The van der Waals surface area contributed by atoms with E-state index in [9.17, 15) is 4.79 Å². The number of nitrogens with zero attached hydrogens (tertiary/aromatic N) is 1. The van der Waals surface area contributed by atoms with Crippen LogP contribution < -0.4 is 10.6 Å². The van der Waals surface area contributed by atoms with Gasteiger partial charge in [0.2, 0.25) is 5.91 Å². The second kappa shape index (κ2) is 5.54. The summed E-state index contributed by atoms with van der Waals surface area (Å²) in [7, 11) is 1.86. The van der Waals surface area contributed by atoms with E-state index in [0.29, 0.717) is 5.92 Å². The van der Waals surface area contributed by atoms with Crippen molar-refractivity contribution in [3.05, 3.63) is 29.8 Å². The van der Waals surface area contributed by atoms with Crippen LogP contribution in [0.3, 0.4) is 0 Å². The van der Waals surface area contributed by atoms with Gasteiger partial charge in [-0.15, -0.1) is 0 Å². The van der Waals surface area contributed by atoms with E-state index in [1.54, 1.807) is 0 Å². The predicted molar refractivity (Wildman–Crippen MR) is 67.6 cm³/mol. The van der Waals surface area contributed by atoms with E-state index in [0.717, 1.165) is 12.1 Å². The van der Waals surface area contributed by atoms with Crippen LogP contribution in [0.4, 0.5) is 5.69 Å². The molecule has 0 aromatic heterocycles. The van der Waals surface area contributed by atoms with Crippen LogP contribution in [0.5, 0.6) is 0 Å². The third-order valence-corrected chi connectivity index (χ3v) is 2.91. The van der Waals surface area contributed by atoms with E-state index >= 15 is 0 Å². The second-order valence-corrected chi connectivity index (χ2v) is 4.22. The van der Waals surface area contributed by atoms with E-state index in [1.165, 1.54) is 5.56 Å². The van der Waals surface area contributed by atoms with Gasteiger partial charge in [-0.3, -0.25) is 4.79 Å². The SMILES string of the molecule is CCC(C)c1ccc(N(C)CC(N)=O)cc1. The predicted octanol–water partition coefficient (Wildman–Crippen LogP) is 2.12. The molecular formula is C13H20N2O. The summed E-state index contributed by atoms with van der Waals surface area (Å²) in [6.07, 6.45) is 1.14. The fourth-order valence-corrected chi connectivity index (χ4v) is 1.62. The molecule has 1 aromatic carbocycles.